The quantitative estimate of drug-likeness (QED) is 0.165. The molecule has 0 saturated heterocycles. The van der Waals surface area contributed by atoms with Crippen molar-refractivity contribution in [2.24, 2.45) is 0 Å². The number of fused-ring (bicyclic) bond motifs is 4. The highest BCUT2D eigenvalue weighted by Crippen LogP contribution is 2.47. The van der Waals surface area contributed by atoms with Gasteiger partial charge in [-0.1, -0.05) is 176 Å². The van der Waals surface area contributed by atoms with Crippen molar-refractivity contribution in [1.82, 2.24) is 0 Å². The van der Waals surface area contributed by atoms with Gasteiger partial charge in [-0.3, -0.25) is 0 Å². The molecule has 0 aliphatic heterocycles. The SMILES string of the molecule is Brc1c2ccccc2c(-c2ccc(-c3c4ccccc4c(-c4ccccc4-c4ccccc4)c4ccccc34)cc2)c2ccccc12. The molecule has 0 unspecified atom stereocenters. The van der Waals surface area contributed by atoms with Crippen molar-refractivity contribution in [3.05, 3.63) is 180 Å². The number of hydrogen-bond acceptors (Lipinski definition) is 0. The van der Waals surface area contributed by atoms with E-state index in [2.05, 4.69) is 192 Å². The first-order chi connectivity index (χ1) is 23.3. The Morgan fingerprint density at radius 3 is 1.00 bits per heavy atom. The Labute approximate surface area is 282 Å². The molecule has 0 fully saturated rings. The van der Waals surface area contributed by atoms with Crippen LogP contribution in [0.3, 0.4) is 0 Å². The zero-order chi connectivity index (χ0) is 31.3. The molecule has 0 heterocycles. The molecule has 0 spiro atoms. The minimum atomic E-state index is 1.15. The predicted octanol–water partition coefficient (Wildman–Crippen LogP) is 13.7. The molecule has 0 aliphatic rings. The maximum absolute atomic E-state index is 3.92. The molecular weight excluding hydrogens is 632 g/mol. The molecule has 47 heavy (non-hydrogen) atoms. The van der Waals surface area contributed by atoms with Crippen LogP contribution < -0.4 is 0 Å². The van der Waals surface area contributed by atoms with Crippen LogP contribution in [-0.4, -0.2) is 0 Å². The molecule has 0 N–H and O–H groups in total. The first kappa shape index (κ1) is 27.8. The molecular formula is C46H29Br. The standard InChI is InChI=1S/C46H29Br/c47-46-41-24-12-10-22-39(41)44(40-23-11-13-25-42(40)46)32-28-26-31(27-29-32)43-35-18-6-8-20-37(35)45(38-21-9-7-19-36(38)43)34-17-5-4-16-33(34)30-14-2-1-3-15-30/h1-29H. The highest BCUT2D eigenvalue weighted by atomic mass is 79.9. The topological polar surface area (TPSA) is 0 Å². The normalized spacial score (nSPS) is 11.5. The van der Waals surface area contributed by atoms with Crippen LogP contribution in [0.25, 0.3) is 87.6 Å². The van der Waals surface area contributed by atoms with Gasteiger partial charge in [-0.05, 0) is 104 Å². The molecule has 0 aromatic heterocycles. The van der Waals surface area contributed by atoms with E-state index in [-0.39, 0.29) is 0 Å². The van der Waals surface area contributed by atoms with Crippen molar-refractivity contribution in [2.45, 2.75) is 0 Å². The third-order valence-corrected chi connectivity index (χ3v) is 10.4. The highest BCUT2D eigenvalue weighted by molar-refractivity contribution is 9.10. The molecule has 0 radical (unpaired) electrons. The fourth-order valence-electron chi connectivity index (χ4n) is 7.49. The summed E-state index contributed by atoms with van der Waals surface area (Å²) in [6.45, 7) is 0. The van der Waals surface area contributed by atoms with E-state index >= 15 is 0 Å². The van der Waals surface area contributed by atoms with Crippen LogP contribution in [0.5, 0.6) is 0 Å². The fraction of sp³-hybridized carbons (Fsp3) is 0. The lowest BCUT2D eigenvalue weighted by atomic mass is 9.83. The maximum Gasteiger partial charge on any atom is 0.0332 e. The molecule has 0 saturated carbocycles. The van der Waals surface area contributed by atoms with Crippen molar-refractivity contribution in [2.75, 3.05) is 0 Å². The number of rotatable bonds is 4. The van der Waals surface area contributed by atoms with Gasteiger partial charge in [0.05, 0.1) is 0 Å². The molecule has 1 heteroatoms. The molecule has 0 nitrogen and oxygen atoms in total. The van der Waals surface area contributed by atoms with Gasteiger partial charge in [0, 0.05) is 4.47 Å². The largest absolute Gasteiger partial charge is 0.0622 e. The lowest BCUT2D eigenvalue weighted by molar-refractivity contribution is 1.60. The van der Waals surface area contributed by atoms with Crippen LogP contribution in [0.2, 0.25) is 0 Å². The Kier molecular flexibility index (Phi) is 6.73. The van der Waals surface area contributed by atoms with Crippen LogP contribution in [0.15, 0.2) is 180 Å². The molecule has 9 rings (SSSR count). The summed E-state index contributed by atoms with van der Waals surface area (Å²) in [7, 11) is 0. The van der Waals surface area contributed by atoms with Crippen LogP contribution >= 0.6 is 15.9 Å². The summed E-state index contributed by atoms with van der Waals surface area (Å²) in [6.07, 6.45) is 0. The second-order valence-electron chi connectivity index (χ2n) is 12.1. The lowest BCUT2D eigenvalue weighted by Gasteiger charge is -2.20. The van der Waals surface area contributed by atoms with Crippen molar-refractivity contribution >= 4 is 59.0 Å². The van der Waals surface area contributed by atoms with Crippen LogP contribution in [-0.2, 0) is 0 Å². The lowest BCUT2D eigenvalue weighted by Crippen LogP contribution is -1.93. The summed E-state index contributed by atoms with van der Waals surface area (Å²) in [4.78, 5) is 0. The first-order valence-electron chi connectivity index (χ1n) is 16.1. The van der Waals surface area contributed by atoms with E-state index in [9.17, 15) is 0 Å². The minimum absolute atomic E-state index is 1.15. The third kappa shape index (κ3) is 4.50. The molecule has 0 amide bonds. The van der Waals surface area contributed by atoms with Gasteiger partial charge in [-0.25, -0.2) is 0 Å². The maximum atomic E-state index is 3.92. The molecule has 0 atom stereocenters. The van der Waals surface area contributed by atoms with E-state index < -0.39 is 0 Å². The van der Waals surface area contributed by atoms with Gasteiger partial charge < -0.3 is 0 Å². The predicted molar refractivity (Wildman–Crippen MR) is 206 cm³/mol. The summed E-state index contributed by atoms with van der Waals surface area (Å²) in [6, 6.07) is 64.0. The second-order valence-corrected chi connectivity index (χ2v) is 12.9. The van der Waals surface area contributed by atoms with Gasteiger partial charge in [0.1, 0.15) is 0 Å². The second kappa shape index (κ2) is 11.4. The highest BCUT2D eigenvalue weighted by Gasteiger charge is 2.19. The Morgan fingerprint density at radius 2 is 0.553 bits per heavy atom. The van der Waals surface area contributed by atoms with Gasteiger partial charge in [0.15, 0.2) is 0 Å². The van der Waals surface area contributed by atoms with Crippen molar-refractivity contribution in [1.29, 1.82) is 0 Å². The van der Waals surface area contributed by atoms with E-state index in [1.165, 1.54) is 87.6 Å². The third-order valence-electron chi connectivity index (χ3n) is 9.54. The van der Waals surface area contributed by atoms with Crippen molar-refractivity contribution in [3.63, 3.8) is 0 Å². The summed E-state index contributed by atoms with van der Waals surface area (Å²) >= 11 is 3.92. The summed E-state index contributed by atoms with van der Waals surface area (Å²) in [5.41, 5.74) is 9.98. The van der Waals surface area contributed by atoms with Gasteiger partial charge in [0.2, 0.25) is 0 Å². The Hall–Kier alpha value is -5.50. The van der Waals surface area contributed by atoms with E-state index in [0.29, 0.717) is 0 Å². The number of benzene rings is 9. The van der Waals surface area contributed by atoms with Crippen molar-refractivity contribution in [3.8, 4) is 44.5 Å². The average Bonchev–Trinajstić information content (AvgIpc) is 3.15. The summed E-state index contributed by atoms with van der Waals surface area (Å²) < 4.78 is 1.15. The first-order valence-corrected chi connectivity index (χ1v) is 16.9. The molecule has 220 valence electrons. The zero-order valence-corrected chi connectivity index (χ0v) is 27.2. The molecule has 9 aromatic carbocycles. The smallest absolute Gasteiger partial charge is 0.0332 e. The van der Waals surface area contributed by atoms with Gasteiger partial charge in [0.25, 0.3) is 0 Å². The van der Waals surface area contributed by atoms with E-state index in [0.717, 1.165) is 4.47 Å². The summed E-state index contributed by atoms with van der Waals surface area (Å²) in [5.74, 6) is 0. The fourth-order valence-corrected chi connectivity index (χ4v) is 8.18. The number of halogens is 1. The Bertz CT molecular complexity index is 2500. The van der Waals surface area contributed by atoms with E-state index in [1.807, 2.05) is 0 Å². The average molecular weight is 662 g/mol. The summed E-state index contributed by atoms with van der Waals surface area (Å²) in [5, 5.41) is 10.0. The van der Waals surface area contributed by atoms with E-state index in [4.69, 9.17) is 0 Å². The van der Waals surface area contributed by atoms with Crippen LogP contribution in [0, 0.1) is 0 Å². The molecule has 9 aromatic rings. The van der Waals surface area contributed by atoms with Crippen LogP contribution in [0.4, 0.5) is 0 Å². The monoisotopic (exact) mass is 660 g/mol. The zero-order valence-electron chi connectivity index (χ0n) is 25.6. The van der Waals surface area contributed by atoms with Crippen LogP contribution in [0.1, 0.15) is 0 Å². The Morgan fingerprint density at radius 1 is 0.234 bits per heavy atom. The Balaban J connectivity index is 1.29. The number of hydrogen-bond donors (Lipinski definition) is 0. The molecule has 0 aliphatic carbocycles. The van der Waals surface area contributed by atoms with Crippen molar-refractivity contribution < 1.29 is 0 Å². The van der Waals surface area contributed by atoms with Gasteiger partial charge >= 0.3 is 0 Å². The van der Waals surface area contributed by atoms with E-state index in [1.54, 1.807) is 0 Å². The molecule has 0 bridgehead atoms. The van der Waals surface area contributed by atoms with Gasteiger partial charge in [-0.15, -0.1) is 0 Å². The van der Waals surface area contributed by atoms with Gasteiger partial charge in [-0.2, -0.15) is 0 Å². The minimum Gasteiger partial charge on any atom is -0.0622 e.